The molecule has 1 atom stereocenters. The predicted molar refractivity (Wildman–Crippen MR) is 72.2 cm³/mol. The van der Waals surface area contributed by atoms with Gasteiger partial charge in [0.25, 0.3) is 0 Å². The highest BCUT2D eigenvalue weighted by Crippen LogP contribution is 2.09. The van der Waals surface area contributed by atoms with Crippen molar-refractivity contribution >= 4 is 0 Å². The third-order valence-corrected chi connectivity index (χ3v) is 3.43. The molecule has 2 rings (SSSR count). The van der Waals surface area contributed by atoms with Crippen LogP contribution in [0, 0.1) is 11.6 Å². The van der Waals surface area contributed by atoms with Crippen LogP contribution in [0.5, 0.6) is 0 Å². The van der Waals surface area contributed by atoms with Crippen molar-refractivity contribution in [1.82, 2.24) is 15.5 Å². The molecule has 1 aromatic carbocycles. The van der Waals surface area contributed by atoms with Crippen molar-refractivity contribution in [3.8, 4) is 0 Å². The number of hydrogen-bond donors (Lipinski definition) is 2. The van der Waals surface area contributed by atoms with Gasteiger partial charge in [-0.2, -0.15) is 0 Å². The average molecular weight is 269 g/mol. The molecular weight excluding hydrogens is 248 g/mol. The predicted octanol–water partition coefficient (Wildman–Crippen LogP) is 1.00. The van der Waals surface area contributed by atoms with E-state index in [0.29, 0.717) is 24.6 Å². The molecule has 3 nitrogen and oxygen atoms in total. The number of halogens is 2. The van der Waals surface area contributed by atoms with Gasteiger partial charge in [0.05, 0.1) is 0 Å². The smallest absolute Gasteiger partial charge is 0.126 e. The standard InChI is InChI=1S/C14H21F2N3/c1-19-7-6-18-13(10-19)9-17-5-4-11-8-12(15)2-3-14(11)16/h2-3,8,13,17-18H,4-7,9-10H2,1H3. The van der Waals surface area contributed by atoms with E-state index in [4.69, 9.17) is 0 Å². The van der Waals surface area contributed by atoms with Crippen molar-refractivity contribution in [2.45, 2.75) is 12.5 Å². The fourth-order valence-corrected chi connectivity index (χ4v) is 2.36. The lowest BCUT2D eigenvalue weighted by atomic mass is 10.1. The summed E-state index contributed by atoms with van der Waals surface area (Å²) < 4.78 is 26.4. The van der Waals surface area contributed by atoms with Crippen LogP contribution in [0.2, 0.25) is 0 Å². The van der Waals surface area contributed by atoms with Gasteiger partial charge in [0, 0.05) is 32.2 Å². The summed E-state index contributed by atoms with van der Waals surface area (Å²) >= 11 is 0. The third kappa shape index (κ3) is 4.53. The van der Waals surface area contributed by atoms with Crippen molar-refractivity contribution in [2.24, 2.45) is 0 Å². The van der Waals surface area contributed by atoms with Gasteiger partial charge in [0.15, 0.2) is 0 Å². The molecule has 1 fully saturated rings. The quantitative estimate of drug-likeness (QED) is 0.781. The SMILES string of the molecule is CN1CCNC(CNCCc2cc(F)ccc2F)C1. The molecule has 106 valence electrons. The maximum absolute atomic E-state index is 13.4. The Bertz CT molecular complexity index is 412. The van der Waals surface area contributed by atoms with Crippen LogP contribution in [-0.2, 0) is 6.42 Å². The maximum atomic E-state index is 13.4. The zero-order valence-corrected chi connectivity index (χ0v) is 11.3. The molecule has 0 saturated carbocycles. The number of piperazine rings is 1. The first kappa shape index (κ1) is 14.4. The second-order valence-corrected chi connectivity index (χ2v) is 5.10. The summed E-state index contributed by atoms with van der Waals surface area (Å²) in [4.78, 5) is 2.29. The van der Waals surface area contributed by atoms with Crippen LogP contribution in [0.25, 0.3) is 0 Å². The van der Waals surface area contributed by atoms with E-state index >= 15 is 0 Å². The van der Waals surface area contributed by atoms with E-state index < -0.39 is 0 Å². The Morgan fingerprint density at radius 3 is 3.05 bits per heavy atom. The molecule has 0 aromatic heterocycles. The first-order valence-corrected chi connectivity index (χ1v) is 6.72. The highest BCUT2D eigenvalue weighted by molar-refractivity contribution is 5.18. The van der Waals surface area contributed by atoms with E-state index in [-0.39, 0.29) is 11.6 Å². The molecule has 1 aliphatic heterocycles. The van der Waals surface area contributed by atoms with Gasteiger partial charge in [-0.05, 0) is 43.8 Å². The van der Waals surface area contributed by atoms with Crippen molar-refractivity contribution in [3.05, 3.63) is 35.4 Å². The van der Waals surface area contributed by atoms with Crippen molar-refractivity contribution in [1.29, 1.82) is 0 Å². The van der Waals surface area contributed by atoms with Gasteiger partial charge >= 0.3 is 0 Å². The third-order valence-electron chi connectivity index (χ3n) is 3.43. The summed E-state index contributed by atoms with van der Waals surface area (Å²) in [7, 11) is 2.11. The average Bonchev–Trinajstić information content (AvgIpc) is 2.39. The van der Waals surface area contributed by atoms with Crippen molar-refractivity contribution in [2.75, 3.05) is 39.8 Å². The lowest BCUT2D eigenvalue weighted by molar-refractivity contribution is 0.235. The molecular formula is C14H21F2N3. The van der Waals surface area contributed by atoms with Crippen LogP contribution >= 0.6 is 0 Å². The van der Waals surface area contributed by atoms with Crippen LogP contribution in [0.15, 0.2) is 18.2 Å². The molecule has 0 spiro atoms. The van der Waals surface area contributed by atoms with Crippen molar-refractivity contribution < 1.29 is 8.78 Å². The number of nitrogens with one attached hydrogen (secondary N) is 2. The summed E-state index contributed by atoms with van der Waals surface area (Å²) in [5.74, 6) is -0.717. The number of rotatable bonds is 5. The van der Waals surface area contributed by atoms with Gasteiger partial charge < -0.3 is 15.5 Å². The van der Waals surface area contributed by atoms with Gasteiger partial charge in [-0.25, -0.2) is 8.78 Å². The van der Waals surface area contributed by atoms with E-state index in [1.165, 1.54) is 12.1 Å². The van der Waals surface area contributed by atoms with Gasteiger partial charge in [-0.1, -0.05) is 0 Å². The van der Waals surface area contributed by atoms with Crippen molar-refractivity contribution in [3.63, 3.8) is 0 Å². The number of benzene rings is 1. The highest BCUT2D eigenvalue weighted by Gasteiger charge is 2.15. The molecule has 2 N–H and O–H groups in total. The van der Waals surface area contributed by atoms with Gasteiger partial charge in [0.1, 0.15) is 11.6 Å². The van der Waals surface area contributed by atoms with Crippen LogP contribution in [0.3, 0.4) is 0 Å². The minimum atomic E-state index is -0.382. The molecule has 19 heavy (non-hydrogen) atoms. The summed E-state index contributed by atoms with van der Waals surface area (Å²) in [6.07, 6.45) is 0.506. The molecule has 1 unspecified atom stereocenters. The zero-order chi connectivity index (χ0) is 13.7. The molecule has 1 saturated heterocycles. The minimum absolute atomic E-state index is 0.335. The fourth-order valence-electron chi connectivity index (χ4n) is 2.36. The van der Waals surface area contributed by atoms with Crippen LogP contribution in [-0.4, -0.2) is 50.7 Å². The van der Waals surface area contributed by atoms with Crippen LogP contribution in [0.4, 0.5) is 8.78 Å². The number of nitrogens with zero attached hydrogens (tertiary/aromatic N) is 1. The van der Waals surface area contributed by atoms with E-state index in [1.807, 2.05) is 0 Å². The summed E-state index contributed by atoms with van der Waals surface area (Å²) in [5, 5.41) is 6.72. The molecule has 1 aliphatic rings. The summed E-state index contributed by atoms with van der Waals surface area (Å²) in [6, 6.07) is 4.02. The fraction of sp³-hybridized carbons (Fsp3) is 0.571. The van der Waals surface area contributed by atoms with Crippen LogP contribution < -0.4 is 10.6 Å². The maximum Gasteiger partial charge on any atom is 0.126 e. The Balaban J connectivity index is 1.70. The summed E-state index contributed by atoms with van der Waals surface area (Å²) in [5.41, 5.74) is 0.432. The second kappa shape index (κ2) is 6.93. The zero-order valence-electron chi connectivity index (χ0n) is 11.3. The Morgan fingerprint density at radius 2 is 2.26 bits per heavy atom. The van der Waals surface area contributed by atoms with Gasteiger partial charge in [-0.15, -0.1) is 0 Å². The first-order chi connectivity index (χ1) is 9.15. The molecule has 0 aliphatic carbocycles. The highest BCUT2D eigenvalue weighted by atomic mass is 19.1. The molecule has 1 heterocycles. The Hall–Kier alpha value is -1.04. The number of hydrogen-bond acceptors (Lipinski definition) is 3. The molecule has 1 aromatic rings. The summed E-state index contributed by atoms with van der Waals surface area (Å²) in [6.45, 7) is 4.59. The lowest BCUT2D eigenvalue weighted by Gasteiger charge is -2.31. The molecule has 0 bridgehead atoms. The molecule has 0 amide bonds. The monoisotopic (exact) mass is 269 g/mol. The van der Waals surface area contributed by atoms with E-state index in [0.717, 1.165) is 32.2 Å². The second-order valence-electron chi connectivity index (χ2n) is 5.10. The topological polar surface area (TPSA) is 27.3 Å². The first-order valence-electron chi connectivity index (χ1n) is 6.72. The van der Waals surface area contributed by atoms with Gasteiger partial charge in [0.2, 0.25) is 0 Å². The molecule has 0 radical (unpaired) electrons. The van der Waals surface area contributed by atoms with Gasteiger partial charge in [-0.3, -0.25) is 0 Å². The van der Waals surface area contributed by atoms with Crippen LogP contribution in [0.1, 0.15) is 5.56 Å². The van der Waals surface area contributed by atoms with E-state index in [9.17, 15) is 8.78 Å². The molecule has 5 heteroatoms. The number of likely N-dealkylation sites (N-methyl/N-ethyl adjacent to an activating group) is 1. The van der Waals surface area contributed by atoms with E-state index in [2.05, 4.69) is 22.6 Å². The lowest BCUT2D eigenvalue weighted by Crippen LogP contribution is -2.53. The Labute approximate surface area is 113 Å². The Kier molecular flexibility index (Phi) is 5.24. The Morgan fingerprint density at radius 1 is 1.42 bits per heavy atom. The normalized spacial score (nSPS) is 20.7. The minimum Gasteiger partial charge on any atom is -0.315 e. The van der Waals surface area contributed by atoms with E-state index in [1.54, 1.807) is 0 Å². The largest absolute Gasteiger partial charge is 0.315 e.